The maximum Gasteiger partial charge on any atom is 0.405 e. The zero-order valence-corrected chi connectivity index (χ0v) is 13.6. The molecular weight excluding hydrogens is 339 g/mol. The molecule has 0 bridgehead atoms. The van der Waals surface area contributed by atoms with Gasteiger partial charge in [0.05, 0.1) is 6.42 Å². The first kappa shape index (κ1) is 17.8. The highest BCUT2D eigenvalue weighted by Gasteiger charge is 2.43. The Labute approximate surface area is 143 Å². The minimum Gasteiger partial charge on any atom is -0.454 e. The lowest BCUT2D eigenvalue weighted by atomic mass is 10.1. The van der Waals surface area contributed by atoms with Crippen molar-refractivity contribution < 1.29 is 27.4 Å². The number of benzene rings is 1. The van der Waals surface area contributed by atoms with E-state index in [2.05, 4.69) is 10.6 Å². The number of amides is 1. The van der Waals surface area contributed by atoms with E-state index >= 15 is 0 Å². The van der Waals surface area contributed by atoms with E-state index in [4.69, 9.17) is 9.47 Å². The Kier molecular flexibility index (Phi) is 5.33. The number of halogens is 3. The summed E-state index contributed by atoms with van der Waals surface area (Å²) in [4.78, 5) is 13.4. The zero-order chi connectivity index (χ0) is 17.9. The minimum absolute atomic E-state index is 0.0111. The summed E-state index contributed by atoms with van der Waals surface area (Å²) in [6.07, 6.45) is -4.40. The molecule has 25 heavy (non-hydrogen) atoms. The van der Waals surface area contributed by atoms with Crippen molar-refractivity contribution in [2.45, 2.75) is 18.6 Å². The van der Waals surface area contributed by atoms with Crippen molar-refractivity contribution in [3.63, 3.8) is 0 Å². The third-order valence-corrected chi connectivity index (χ3v) is 4.26. The second kappa shape index (κ2) is 7.49. The van der Waals surface area contributed by atoms with E-state index in [0.717, 1.165) is 0 Å². The molecule has 1 unspecified atom stereocenters. The Morgan fingerprint density at radius 3 is 2.68 bits per heavy atom. The molecule has 0 aliphatic carbocycles. The molecule has 6 nitrogen and oxygen atoms in total. The molecule has 0 spiro atoms. The fourth-order valence-corrected chi connectivity index (χ4v) is 2.95. The lowest BCUT2D eigenvalue weighted by molar-refractivity contribution is -0.184. The average molecular weight is 359 g/mol. The fraction of sp³-hybridized carbons (Fsp3) is 0.562. The van der Waals surface area contributed by atoms with E-state index < -0.39 is 24.7 Å². The van der Waals surface area contributed by atoms with Crippen LogP contribution in [0.3, 0.4) is 0 Å². The van der Waals surface area contributed by atoms with E-state index in [0.29, 0.717) is 43.2 Å². The summed E-state index contributed by atoms with van der Waals surface area (Å²) in [5.41, 5.74) is 0.660. The van der Waals surface area contributed by atoms with E-state index in [9.17, 15) is 18.0 Å². The van der Waals surface area contributed by atoms with Crippen LogP contribution >= 0.6 is 0 Å². The number of nitrogens with one attached hydrogen (secondary N) is 2. The SMILES string of the molecule is O=C(Cc1ccc2c(c1)OCO2)NCC(N1CCNCC1)C(F)(F)F. The van der Waals surface area contributed by atoms with Gasteiger partial charge in [-0.15, -0.1) is 0 Å². The second-order valence-corrected chi connectivity index (χ2v) is 6.01. The van der Waals surface area contributed by atoms with Gasteiger partial charge in [0.25, 0.3) is 0 Å². The molecule has 2 aliphatic heterocycles. The Bertz CT molecular complexity index is 618. The molecule has 2 N–H and O–H groups in total. The van der Waals surface area contributed by atoms with Crippen LogP contribution in [0.25, 0.3) is 0 Å². The van der Waals surface area contributed by atoms with Crippen molar-refractivity contribution in [1.82, 2.24) is 15.5 Å². The van der Waals surface area contributed by atoms with Gasteiger partial charge in [-0.1, -0.05) is 6.07 Å². The Hall–Kier alpha value is -2.00. The van der Waals surface area contributed by atoms with Crippen LogP contribution in [-0.2, 0) is 11.2 Å². The Morgan fingerprint density at radius 1 is 1.24 bits per heavy atom. The number of alkyl halides is 3. The summed E-state index contributed by atoms with van der Waals surface area (Å²) < 4.78 is 50.3. The summed E-state index contributed by atoms with van der Waals surface area (Å²) in [6.45, 7) is 1.32. The van der Waals surface area contributed by atoms with Crippen LogP contribution in [0.1, 0.15) is 5.56 Å². The van der Waals surface area contributed by atoms with Gasteiger partial charge >= 0.3 is 6.18 Å². The van der Waals surface area contributed by atoms with Gasteiger partial charge in [-0.05, 0) is 17.7 Å². The van der Waals surface area contributed by atoms with Crippen molar-refractivity contribution in [2.75, 3.05) is 39.5 Å². The van der Waals surface area contributed by atoms with E-state index in [-0.39, 0.29) is 13.2 Å². The van der Waals surface area contributed by atoms with E-state index in [1.54, 1.807) is 18.2 Å². The van der Waals surface area contributed by atoms with Crippen molar-refractivity contribution in [2.24, 2.45) is 0 Å². The van der Waals surface area contributed by atoms with Gasteiger partial charge in [-0.25, -0.2) is 0 Å². The monoisotopic (exact) mass is 359 g/mol. The van der Waals surface area contributed by atoms with Crippen LogP contribution in [0.15, 0.2) is 18.2 Å². The standard InChI is InChI=1S/C16H20F3N3O3/c17-16(18,19)14(22-5-3-20-4-6-22)9-21-15(23)8-11-1-2-12-13(7-11)25-10-24-12/h1-2,7,14,20H,3-6,8-10H2,(H,21,23). The fourth-order valence-electron chi connectivity index (χ4n) is 2.95. The van der Waals surface area contributed by atoms with Crippen LogP contribution in [0, 0.1) is 0 Å². The molecule has 9 heteroatoms. The van der Waals surface area contributed by atoms with Crippen molar-refractivity contribution >= 4 is 5.91 Å². The topological polar surface area (TPSA) is 62.8 Å². The van der Waals surface area contributed by atoms with Gasteiger partial charge in [-0.2, -0.15) is 13.2 Å². The molecule has 2 heterocycles. The number of fused-ring (bicyclic) bond motifs is 1. The summed E-state index contributed by atoms with van der Waals surface area (Å²) in [5, 5.41) is 5.43. The predicted molar refractivity (Wildman–Crippen MR) is 83.6 cm³/mol. The van der Waals surface area contributed by atoms with E-state index in [1.807, 2.05) is 0 Å². The summed E-state index contributed by atoms with van der Waals surface area (Å²) in [5.74, 6) is 0.683. The van der Waals surface area contributed by atoms with Crippen LogP contribution < -0.4 is 20.1 Å². The first-order valence-corrected chi connectivity index (χ1v) is 8.10. The van der Waals surface area contributed by atoms with Crippen molar-refractivity contribution in [3.05, 3.63) is 23.8 Å². The smallest absolute Gasteiger partial charge is 0.405 e. The third-order valence-electron chi connectivity index (χ3n) is 4.26. The molecule has 1 saturated heterocycles. The maximum atomic E-state index is 13.3. The van der Waals surface area contributed by atoms with Gasteiger partial charge in [-0.3, -0.25) is 9.69 Å². The van der Waals surface area contributed by atoms with Crippen molar-refractivity contribution in [3.8, 4) is 11.5 Å². The quantitative estimate of drug-likeness (QED) is 0.818. The van der Waals surface area contributed by atoms with Gasteiger partial charge in [0.2, 0.25) is 12.7 Å². The van der Waals surface area contributed by atoms with Crippen LogP contribution in [0.2, 0.25) is 0 Å². The van der Waals surface area contributed by atoms with Crippen molar-refractivity contribution in [1.29, 1.82) is 0 Å². The first-order valence-electron chi connectivity index (χ1n) is 8.10. The number of ether oxygens (including phenoxy) is 2. The molecule has 0 saturated carbocycles. The van der Waals surface area contributed by atoms with Crippen LogP contribution in [0.4, 0.5) is 13.2 Å². The first-order chi connectivity index (χ1) is 11.9. The highest BCUT2D eigenvalue weighted by molar-refractivity contribution is 5.78. The molecule has 1 aromatic rings. The molecule has 0 radical (unpaired) electrons. The molecular formula is C16H20F3N3O3. The Morgan fingerprint density at radius 2 is 1.96 bits per heavy atom. The number of hydrogen-bond acceptors (Lipinski definition) is 5. The molecule has 1 aromatic carbocycles. The minimum atomic E-state index is -4.39. The van der Waals surface area contributed by atoms with Gasteiger partial charge in [0.1, 0.15) is 6.04 Å². The molecule has 0 aromatic heterocycles. The number of rotatable bonds is 5. The lowest BCUT2D eigenvalue weighted by Crippen LogP contribution is -2.57. The highest BCUT2D eigenvalue weighted by Crippen LogP contribution is 2.32. The summed E-state index contributed by atoms with van der Waals surface area (Å²) >= 11 is 0. The Balaban J connectivity index is 1.56. The predicted octanol–water partition coefficient (Wildman–Crippen LogP) is 0.910. The number of carbonyl (C=O) groups is 1. The van der Waals surface area contributed by atoms with Gasteiger partial charge < -0.3 is 20.1 Å². The lowest BCUT2D eigenvalue weighted by Gasteiger charge is -2.35. The van der Waals surface area contributed by atoms with Crippen LogP contribution in [0.5, 0.6) is 11.5 Å². The largest absolute Gasteiger partial charge is 0.454 e. The molecule has 1 atom stereocenters. The highest BCUT2D eigenvalue weighted by atomic mass is 19.4. The van der Waals surface area contributed by atoms with Crippen LogP contribution in [-0.4, -0.2) is 62.5 Å². The molecule has 138 valence electrons. The maximum absolute atomic E-state index is 13.3. The summed E-state index contributed by atoms with van der Waals surface area (Å²) in [6, 6.07) is 3.38. The average Bonchev–Trinajstić information content (AvgIpc) is 3.02. The number of nitrogens with zero attached hydrogens (tertiary/aromatic N) is 1. The van der Waals surface area contributed by atoms with Gasteiger partial charge in [0, 0.05) is 32.7 Å². The molecule has 2 aliphatic rings. The summed E-state index contributed by atoms with van der Waals surface area (Å²) in [7, 11) is 0. The molecule has 1 fully saturated rings. The molecule has 3 rings (SSSR count). The molecule has 1 amide bonds. The number of hydrogen-bond donors (Lipinski definition) is 2. The second-order valence-electron chi connectivity index (χ2n) is 6.01. The zero-order valence-electron chi connectivity index (χ0n) is 13.6. The third kappa shape index (κ3) is 4.55. The van der Waals surface area contributed by atoms with E-state index in [1.165, 1.54) is 4.90 Å². The normalized spacial score (nSPS) is 18.8. The number of piperazine rings is 1. The van der Waals surface area contributed by atoms with Gasteiger partial charge in [0.15, 0.2) is 11.5 Å². The number of carbonyl (C=O) groups excluding carboxylic acids is 1.